The highest BCUT2D eigenvalue weighted by molar-refractivity contribution is 7.14. The molecule has 1 aromatic heterocycles. The van der Waals surface area contributed by atoms with Gasteiger partial charge in [0.15, 0.2) is 0 Å². The second kappa shape index (κ2) is 5.52. The number of aliphatic hydroxyl groups is 1. The van der Waals surface area contributed by atoms with Crippen molar-refractivity contribution >= 4 is 28.9 Å². The summed E-state index contributed by atoms with van der Waals surface area (Å²) in [5.41, 5.74) is -1.99. The van der Waals surface area contributed by atoms with Crippen LogP contribution < -0.4 is 5.32 Å². The summed E-state index contributed by atoms with van der Waals surface area (Å²) < 4.78 is 42.1. The molecule has 10 heteroatoms. The van der Waals surface area contributed by atoms with E-state index in [1.165, 1.54) is 5.32 Å². The van der Waals surface area contributed by atoms with E-state index < -0.39 is 40.3 Å². The summed E-state index contributed by atoms with van der Waals surface area (Å²) in [5, 5.41) is 21.1. The molecule has 2 rings (SSSR count). The maximum Gasteiger partial charge on any atom is 0.471 e. The standard InChI is InChI=1S/C12H12F3NO5S/c1-5-11(20,2-3-21-5)7-4-6(8(22-7)9(17)18)16-10(19)12(13,14)15/h4-5,20H,2-3H2,1H3,(H,16,19)(H,17,18). The van der Waals surface area contributed by atoms with E-state index in [4.69, 9.17) is 9.84 Å². The minimum atomic E-state index is -5.14. The molecule has 6 nitrogen and oxygen atoms in total. The molecule has 0 aliphatic carbocycles. The molecule has 0 bridgehead atoms. The molecule has 2 heterocycles. The number of anilines is 1. The zero-order chi connectivity index (χ0) is 16.7. The highest BCUT2D eigenvalue weighted by Gasteiger charge is 2.44. The summed E-state index contributed by atoms with van der Waals surface area (Å²) in [6.45, 7) is 1.81. The first-order valence-corrected chi connectivity index (χ1v) is 6.97. The van der Waals surface area contributed by atoms with Gasteiger partial charge in [0.05, 0.1) is 18.4 Å². The number of carbonyl (C=O) groups excluding carboxylic acids is 1. The second-order valence-corrected chi connectivity index (χ2v) is 5.85. The zero-order valence-corrected chi connectivity index (χ0v) is 12.0. The van der Waals surface area contributed by atoms with Gasteiger partial charge in [0.1, 0.15) is 10.5 Å². The molecule has 1 saturated heterocycles. The number of carboxylic acids is 1. The Labute approximate surface area is 126 Å². The van der Waals surface area contributed by atoms with E-state index in [1.54, 1.807) is 6.92 Å². The van der Waals surface area contributed by atoms with E-state index in [9.17, 15) is 27.9 Å². The third-order valence-electron chi connectivity index (χ3n) is 3.38. The van der Waals surface area contributed by atoms with Gasteiger partial charge in [-0.15, -0.1) is 11.3 Å². The number of alkyl halides is 3. The van der Waals surface area contributed by atoms with Gasteiger partial charge in [0.2, 0.25) is 0 Å². The Kier molecular flexibility index (Phi) is 4.20. The molecular formula is C12H12F3NO5S. The predicted molar refractivity (Wildman–Crippen MR) is 69.9 cm³/mol. The topological polar surface area (TPSA) is 95.9 Å². The summed E-state index contributed by atoms with van der Waals surface area (Å²) in [5.74, 6) is -3.77. The summed E-state index contributed by atoms with van der Waals surface area (Å²) in [6.07, 6.45) is -5.60. The number of thiophene rings is 1. The van der Waals surface area contributed by atoms with Gasteiger partial charge in [0, 0.05) is 11.3 Å². The Morgan fingerprint density at radius 3 is 2.59 bits per heavy atom. The van der Waals surface area contributed by atoms with E-state index in [-0.39, 0.29) is 17.9 Å². The fourth-order valence-corrected chi connectivity index (χ4v) is 3.25. The molecule has 1 aliphatic rings. The van der Waals surface area contributed by atoms with Gasteiger partial charge >= 0.3 is 18.1 Å². The van der Waals surface area contributed by atoms with Gasteiger partial charge in [-0.2, -0.15) is 13.2 Å². The smallest absolute Gasteiger partial charge is 0.471 e. The lowest BCUT2D eigenvalue weighted by Gasteiger charge is -2.24. The summed E-state index contributed by atoms with van der Waals surface area (Å²) in [4.78, 5) is 21.7. The van der Waals surface area contributed by atoms with Crippen LogP contribution in [0.5, 0.6) is 0 Å². The predicted octanol–water partition coefficient (Wildman–Crippen LogP) is 1.94. The number of aromatic carboxylic acids is 1. The minimum Gasteiger partial charge on any atom is -0.477 e. The van der Waals surface area contributed by atoms with Crippen molar-refractivity contribution in [3.63, 3.8) is 0 Å². The molecule has 2 atom stereocenters. The Morgan fingerprint density at radius 2 is 2.14 bits per heavy atom. The first kappa shape index (κ1) is 16.7. The van der Waals surface area contributed by atoms with Crippen LogP contribution in [0.3, 0.4) is 0 Å². The Morgan fingerprint density at radius 1 is 1.50 bits per heavy atom. The first-order valence-electron chi connectivity index (χ1n) is 6.15. The van der Waals surface area contributed by atoms with Crippen LogP contribution in [0.15, 0.2) is 6.07 Å². The van der Waals surface area contributed by atoms with Crippen molar-refractivity contribution in [2.75, 3.05) is 11.9 Å². The number of hydrogen-bond acceptors (Lipinski definition) is 5. The van der Waals surface area contributed by atoms with Gasteiger partial charge in [0.25, 0.3) is 0 Å². The molecule has 0 saturated carbocycles. The maximum absolute atomic E-state index is 12.3. The Hall–Kier alpha value is -1.65. The summed E-state index contributed by atoms with van der Waals surface area (Å²) >= 11 is 0.608. The molecule has 1 amide bonds. The molecule has 1 fully saturated rings. The summed E-state index contributed by atoms with van der Waals surface area (Å²) in [7, 11) is 0. The van der Waals surface area contributed by atoms with Crippen LogP contribution in [0.4, 0.5) is 18.9 Å². The van der Waals surface area contributed by atoms with E-state index in [1.807, 2.05) is 0 Å². The van der Waals surface area contributed by atoms with Crippen LogP contribution in [-0.2, 0) is 15.1 Å². The van der Waals surface area contributed by atoms with Crippen molar-refractivity contribution in [3.8, 4) is 0 Å². The van der Waals surface area contributed by atoms with Gasteiger partial charge in [-0.05, 0) is 13.0 Å². The molecule has 3 N–H and O–H groups in total. The van der Waals surface area contributed by atoms with Crippen LogP contribution in [-0.4, -0.2) is 41.0 Å². The van der Waals surface area contributed by atoms with Crippen LogP contribution in [0.1, 0.15) is 27.9 Å². The fourth-order valence-electron chi connectivity index (χ4n) is 2.11. The lowest BCUT2D eigenvalue weighted by molar-refractivity contribution is -0.167. The number of halogens is 3. The van der Waals surface area contributed by atoms with Gasteiger partial charge in [-0.1, -0.05) is 0 Å². The van der Waals surface area contributed by atoms with E-state index in [0.717, 1.165) is 6.07 Å². The Balaban J connectivity index is 2.39. The number of nitrogens with one attached hydrogen (secondary N) is 1. The van der Waals surface area contributed by atoms with Crippen molar-refractivity contribution in [2.24, 2.45) is 0 Å². The van der Waals surface area contributed by atoms with Crippen molar-refractivity contribution < 1.29 is 37.7 Å². The largest absolute Gasteiger partial charge is 0.477 e. The van der Waals surface area contributed by atoms with E-state index in [0.29, 0.717) is 11.3 Å². The summed E-state index contributed by atoms with van der Waals surface area (Å²) in [6, 6.07) is 1.04. The molecule has 22 heavy (non-hydrogen) atoms. The highest BCUT2D eigenvalue weighted by Crippen LogP contribution is 2.42. The molecule has 0 radical (unpaired) electrons. The third kappa shape index (κ3) is 2.94. The Bertz CT molecular complexity index is 614. The maximum atomic E-state index is 12.3. The normalized spacial score (nSPS) is 25.2. The molecule has 0 aromatic carbocycles. The van der Waals surface area contributed by atoms with Crippen molar-refractivity contribution in [2.45, 2.75) is 31.2 Å². The molecular weight excluding hydrogens is 327 g/mol. The number of ether oxygens (including phenoxy) is 1. The van der Waals surface area contributed by atoms with Crippen LogP contribution >= 0.6 is 11.3 Å². The third-order valence-corrected chi connectivity index (χ3v) is 4.67. The fraction of sp³-hybridized carbons (Fsp3) is 0.500. The lowest BCUT2D eigenvalue weighted by atomic mass is 9.94. The monoisotopic (exact) mass is 339 g/mol. The number of rotatable bonds is 3. The zero-order valence-electron chi connectivity index (χ0n) is 11.2. The van der Waals surface area contributed by atoms with E-state index >= 15 is 0 Å². The molecule has 122 valence electrons. The lowest BCUT2D eigenvalue weighted by Crippen LogP contribution is -2.32. The highest BCUT2D eigenvalue weighted by atomic mass is 32.1. The quantitative estimate of drug-likeness (QED) is 0.782. The van der Waals surface area contributed by atoms with Gasteiger partial charge in [-0.3, -0.25) is 4.79 Å². The average molecular weight is 339 g/mol. The molecule has 1 aromatic rings. The van der Waals surface area contributed by atoms with Crippen molar-refractivity contribution in [1.29, 1.82) is 0 Å². The van der Waals surface area contributed by atoms with Gasteiger partial charge < -0.3 is 20.3 Å². The SMILES string of the molecule is CC1OCCC1(O)c1cc(NC(=O)C(F)(F)F)c(C(=O)O)s1. The molecule has 1 aliphatic heterocycles. The van der Waals surface area contributed by atoms with Crippen molar-refractivity contribution in [3.05, 3.63) is 15.8 Å². The number of carboxylic acid groups (broad SMARTS) is 1. The minimum absolute atomic E-state index is 0.132. The van der Waals surface area contributed by atoms with Crippen molar-refractivity contribution in [1.82, 2.24) is 0 Å². The number of hydrogen-bond donors (Lipinski definition) is 3. The van der Waals surface area contributed by atoms with Crippen LogP contribution in [0.25, 0.3) is 0 Å². The molecule has 0 spiro atoms. The van der Waals surface area contributed by atoms with Crippen LogP contribution in [0.2, 0.25) is 0 Å². The van der Waals surface area contributed by atoms with Crippen LogP contribution in [0, 0.1) is 0 Å². The first-order chi connectivity index (χ1) is 10.1. The van der Waals surface area contributed by atoms with E-state index in [2.05, 4.69) is 0 Å². The molecule has 2 unspecified atom stereocenters. The van der Waals surface area contributed by atoms with Gasteiger partial charge in [-0.25, -0.2) is 4.79 Å². The average Bonchev–Trinajstić information content (AvgIpc) is 2.94. The second-order valence-electron chi connectivity index (χ2n) is 4.80. The number of carbonyl (C=O) groups is 2. The number of amides is 1.